The van der Waals surface area contributed by atoms with Crippen molar-refractivity contribution in [1.29, 1.82) is 0 Å². The Morgan fingerprint density at radius 3 is 2.56 bits per heavy atom. The molecule has 8 nitrogen and oxygen atoms in total. The Morgan fingerprint density at radius 1 is 0.882 bits per heavy atom. The standard InChI is InChI=1S/C26H16N2O6/c29-15-6-3-5-14(10-15)21-17-9-8-16(30)12-20(17)33-25-22(21)24(31)27-23(28-25)18-11-13-4-1-2-7-19(13)34-26(18)32/h1-12,21,29-30H,(H,27,28,31). The van der Waals surface area contributed by atoms with Crippen molar-refractivity contribution in [2.75, 3.05) is 0 Å². The van der Waals surface area contributed by atoms with Crippen LogP contribution in [0.15, 0.2) is 86.8 Å². The maximum Gasteiger partial charge on any atom is 0.347 e. The molecule has 1 aliphatic heterocycles. The number of aromatic hydroxyl groups is 2. The minimum atomic E-state index is -0.653. The Hall–Kier alpha value is -4.85. The van der Waals surface area contributed by atoms with Crippen molar-refractivity contribution in [2.45, 2.75) is 5.92 Å². The monoisotopic (exact) mass is 452 g/mol. The van der Waals surface area contributed by atoms with E-state index in [1.54, 1.807) is 48.5 Å². The lowest BCUT2D eigenvalue weighted by Gasteiger charge is -2.27. The highest BCUT2D eigenvalue weighted by molar-refractivity contribution is 5.80. The summed E-state index contributed by atoms with van der Waals surface area (Å²) in [5, 5.41) is 20.7. The van der Waals surface area contributed by atoms with E-state index in [0.29, 0.717) is 27.8 Å². The molecule has 0 bridgehead atoms. The minimum absolute atomic E-state index is 0.00140. The van der Waals surface area contributed by atoms with E-state index >= 15 is 0 Å². The molecule has 8 heteroatoms. The van der Waals surface area contributed by atoms with Crippen LogP contribution in [0.2, 0.25) is 0 Å². The van der Waals surface area contributed by atoms with Gasteiger partial charge in [0.1, 0.15) is 28.4 Å². The predicted octanol–water partition coefficient (Wildman–Crippen LogP) is 4.24. The molecule has 5 aromatic rings. The number of hydrogen-bond donors (Lipinski definition) is 3. The van der Waals surface area contributed by atoms with E-state index in [-0.39, 0.29) is 34.3 Å². The van der Waals surface area contributed by atoms with Crippen LogP contribution in [0.1, 0.15) is 22.6 Å². The Labute approximate surface area is 191 Å². The van der Waals surface area contributed by atoms with Crippen molar-refractivity contribution in [3.8, 4) is 34.5 Å². The van der Waals surface area contributed by atoms with Gasteiger partial charge in [0.2, 0.25) is 5.88 Å². The number of para-hydroxylation sites is 1. The van der Waals surface area contributed by atoms with E-state index in [9.17, 15) is 19.8 Å². The number of aromatic amines is 1. The zero-order valence-corrected chi connectivity index (χ0v) is 17.5. The number of benzene rings is 3. The summed E-state index contributed by atoms with van der Waals surface area (Å²) in [6, 6.07) is 19.8. The van der Waals surface area contributed by atoms with Gasteiger partial charge in [-0.25, -0.2) is 4.79 Å². The molecule has 3 N–H and O–H groups in total. The molecule has 0 radical (unpaired) electrons. The molecule has 3 aromatic carbocycles. The quantitative estimate of drug-likeness (QED) is 0.336. The Kier molecular flexibility index (Phi) is 4.28. The largest absolute Gasteiger partial charge is 0.508 e. The van der Waals surface area contributed by atoms with Gasteiger partial charge in [-0.15, -0.1) is 0 Å². The van der Waals surface area contributed by atoms with Crippen LogP contribution >= 0.6 is 0 Å². The van der Waals surface area contributed by atoms with Gasteiger partial charge in [0, 0.05) is 22.9 Å². The molecular weight excluding hydrogens is 436 g/mol. The third kappa shape index (κ3) is 3.12. The lowest BCUT2D eigenvalue weighted by molar-refractivity contribution is 0.420. The van der Waals surface area contributed by atoms with E-state index in [4.69, 9.17) is 9.15 Å². The number of ether oxygens (including phenoxy) is 1. The molecule has 1 aliphatic rings. The van der Waals surface area contributed by atoms with Crippen molar-refractivity contribution in [1.82, 2.24) is 9.97 Å². The summed E-state index contributed by atoms with van der Waals surface area (Å²) >= 11 is 0. The van der Waals surface area contributed by atoms with Gasteiger partial charge in [0.15, 0.2) is 5.82 Å². The van der Waals surface area contributed by atoms with E-state index < -0.39 is 17.1 Å². The topological polar surface area (TPSA) is 126 Å². The molecule has 0 fully saturated rings. The summed E-state index contributed by atoms with van der Waals surface area (Å²) in [7, 11) is 0. The SMILES string of the molecule is O=c1[nH]c(-c2cc3ccccc3oc2=O)nc2c1C(c1cccc(O)c1)c1ccc(O)cc1O2. The second kappa shape index (κ2) is 7.35. The van der Waals surface area contributed by atoms with Gasteiger partial charge in [0.25, 0.3) is 5.56 Å². The van der Waals surface area contributed by atoms with Crippen LogP contribution in [0.5, 0.6) is 23.1 Å². The molecular formula is C26H16N2O6. The maximum absolute atomic E-state index is 13.4. The lowest BCUT2D eigenvalue weighted by Crippen LogP contribution is -2.25. The fourth-order valence-corrected chi connectivity index (χ4v) is 4.31. The first-order valence-electron chi connectivity index (χ1n) is 10.4. The van der Waals surface area contributed by atoms with Gasteiger partial charge in [-0.2, -0.15) is 4.98 Å². The molecule has 166 valence electrons. The van der Waals surface area contributed by atoms with Crippen molar-refractivity contribution < 1.29 is 19.4 Å². The summed E-state index contributed by atoms with van der Waals surface area (Å²) in [6.07, 6.45) is 0. The molecule has 34 heavy (non-hydrogen) atoms. The second-order valence-electron chi connectivity index (χ2n) is 7.97. The highest BCUT2D eigenvalue weighted by atomic mass is 16.5. The van der Waals surface area contributed by atoms with E-state index in [1.165, 1.54) is 18.2 Å². The van der Waals surface area contributed by atoms with Crippen molar-refractivity contribution in [2.24, 2.45) is 0 Å². The summed E-state index contributed by atoms with van der Waals surface area (Å²) in [4.78, 5) is 33.2. The summed E-state index contributed by atoms with van der Waals surface area (Å²) in [5.74, 6) is -0.280. The first-order valence-corrected chi connectivity index (χ1v) is 10.4. The Morgan fingerprint density at radius 2 is 1.71 bits per heavy atom. The summed E-state index contributed by atoms with van der Waals surface area (Å²) in [5.41, 5.74) is 0.833. The number of fused-ring (bicyclic) bond motifs is 3. The second-order valence-corrected chi connectivity index (χ2v) is 7.97. The molecule has 6 rings (SSSR count). The molecule has 1 atom stereocenters. The van der Waals surface area contributed by atoms with Crippen LogP contribution in [-0.2, 0) is 0 Å². The average molecular weight is 452 g/mol. The zero-order valence-electron chi connectivity index (χ0n) is 17.5. The van der Waals surface area contributed by atoms with Gasteiger partial charge < -0.3 is 24.4 Å². The van der Waals surface area contributed by atoms with E-state index in [2.05, 4.69) is 9.97 Å². The molecule has 0 saturated carbocycles. The van der Waals surface area contributed by atoms with Gasteiger partial charge >= 0.3 is 5.63 Å². The fraction of sp³-hybridized carbons (Fsp3) is 0.0385. The van der Waals surface area contributed by atoms with Gasteiger partial charge in [-0.05, 0) is 35.9 Å². The first-order chi connectivity index (χ1) is 16.5. The first kappa shape index (κ1) is 19.8. The molecule has 2 aromatic heterocycles. The number of H-pyrrole nitrogens is 1. The smallest absolute Gasteiger partial charge is 0.347 e. The number of hydrogen-bond acceptors (Lipinski definition) is 7. The van der Waals surface area contributed by atoms with Crippen LogP contribution in [0.3, 0.4) is 0 Å². The number of aromatic nitrogens is 2. The van der Waals surface area contributed by atoms with Crippen molar-refractivity contribution >= 4 is 11.0 Å². The van der Waals surface area contributed by atoms with E-state index in [1.807, 2.05) is 6.07 Å². The highest BCUT2D eigenvalue weighted by Gasteiger charge is 2.33. The normalized spacial score (nSPS) is 14.3. The highest BCUT2D eigenvalue weighted by Crippen LogP contribution is 2.46. The van der Waals surface area contributed by atoms with E-state index in [0.717, 1.165) is 0 Å². The Balaban J connectivity index is 1.59. The van der Waals surface area contributed by atoms with Crippen LogP contribution < -0.4 is 15.9 Å². The lowest BCUT2D eigenvalue weighted by atomic mass is 9.84. The van der Waals surface area contributed by atoms with Crippen molar-refractivity contribution in [3.05, 3.63) is 110 Å². The van der Waals surface area contributed by atoms with Gasteiger partial charge in [-0.3, -0.25) is 4.79 Å². The third-order valence-electron chi connectivity index (χ3n) is 5.82. The average Bonchev–Trinajstić information content (AvgIpc) is 2.82. The maximum atomic E-state index is 13.4. The Bertz CT molecular complexity index is 1720. The zero-order chi connectivity index (χ0) is 23.4. The number of nitrogens with one attached hydrogen (secondary N) is 1. The predicted molar refractivity (Wildman–Crippen MR) is 124 cm³/mol. The van der Waals surface area contributed by atoms with Crippen LogP contribution in [0.4, 0.5) is 0 Å². The van der Waals surface area contributed by atoms with Crippen LogP contribution in [0, 0.1) is 0 Å². The van der Waals surface area contributed by atoms with Gasteiger partial charge in [-0.1, -0.05) is 36.4 Å². The minimum Gasteiger partial charge on any atom is -0.508 e. The number of phenols is 2. The molecule has 0 saturated heterocycles. The fourth-order valence-electron chi connectivity index (χ4n) is 4.31. The number of nitrogens with zero attached hydrogens (tertiary/aromatic N) is 1. The molecule has 3 heterocycles. The molecule has 1 unspecified atom stereocenters. The molecule has 0 aliphatic carbocycles. The number of rotatable bonds is 2. The molecule has 0 amide bonds. The van der Waals surface area contributed by atoms with Crippen molar-refractivity contribution in [3.63, 3.8) is 0 Å². The number of phenolic OH excluding ortho intramolecular Hbond substituents is 2. The summed E-state index contributed by atoms with van der Waals surface area (Å²) in [6.45, 7) is 0. The molecule has 0 spiro atoms. The third-order valence-corrected chi connectivity index (χ3v) is 5.82. The van der Waals surface area contributed by atoms with Crippen LogP contribution in [-0.4, -0.2) is 20.2 Å². The summed E-state index contributed by atoms with van der Waals surface area (Å²) < 4.78 is 11.3. The van der Waals surface area contributed by atoms with Crippen LogP contribution in [0.25, 0.3) is 22.4 Å². The van der Waals surface area contributed by atoms with Gasteiger partial charge in [0.05, 0.1) is 5.56 Å².